The smallest absolute Gasteiger partial charge is 0.276 e. The minimum Gasteiger partial charge on any atom is -0.379 e. The minimum absolute atomic E-state index is 0.250. The molecule has 3 N–H and O–H groups in total. The number of rotatable bonds is 3. The van der Waals surface area contributed by atoms with E-state index in [0.29, 0.717) is 22.1 Å². The molecular formula is C19H22FN5OS. The number of halogens is 1. The molecule has 4 rings (SSSR count). The molecule has 1 aromatic carbocycles. The first-order chi connectivity index (χ1) is 13.0. The highest BCUT2D eigenvalue weighted by atomic mass is 32.2. The Bertz CT molecular complexity index is 911. The Morgan fingerprint density at radius 2 is 2.26 bits per heavy atom. The summed E-state index contributed by atoms with van der Waals surface area (Å²) in [6.45, 7) is 0. The van der Waals surface area contributed by atoms with Crippen LogP contribution in [0, 0.1) is 11.7 Å². The van der Waals surface area contributed by atoms with Gasteiger partial charge >= 0.3 is 0 Å². The Kier molecular flexibility index (Phi) is 4.67. The fourth-order valence-corrected chi connectivity index (χ4v) is 5.13. The Labute approximate surface area is 161 Å². The average molecular weight is 387 g/mol. The molecule has 0 spiro atoms. The van der Waals surface area contributed by atoms with Crippen LogP contribution in [0.15, 0.2) is 35.5 Å². The number of aliphatic imine (C=N–C) groups is 1. The van der Waals surface area contributed by atoms with Crippen LogP contribution in [-0.2, 0) is 12.6 Å². The lowest BCUT2D eigenvalue weighted by molar-refractivity contribution is 0.102. The number of carbonyl (C=O) groups excluding carboxylic acids is 1. The van der Waals surface area contributed by atoms with Crippen LogP contribution < -0.4 is 11.1 Å². The maximum absolute atomic E-state index is 14.9. The summed E-state index contributed by atoms with van der Waals surface area (Å²) in [6.07, 6.45) is 5.59. The van der Waals surface area contributed by atoms with Crippen LogP contribution in [0.25, 0.3) is 0 Å². The summed E-state index contributed by atoms with van der Waals surface area (Å²) in [7, 11) is 1.75. The zero-order chi connectivity index (χ0) is 19.0. The van der Waals surface area contributed by atoms with Crippen molar-refractivity contribution in [3.8, 4) is 0 Å². The zero-order valence-corrected chi connectivity index (χ0v) is 15.9. The number of aryl methyl sites for hydroxylation is 1. The predicted molar refractivity (Wildman–Crippen MR) is 105 cm³/mol. The number of anilines is 1. The Hall–Kier alpha value is -2.35. The third-order valence-electron chi connectivity index (χ3n) is 5.41. The van der Waals surface area contributed by atoms with Crippen LogP contribution in [0.2, 0.25) is 0 Å². The first kappa shape index (κ1) is 18.0. The molecule has 1 aromatic heterocycles. The van der Waals surface area contributed by atoms with E-state index in [0.717, 1.165) is 31.4 Å². The van der Waals surface area contributed by atoms with Gasteiger partial charge in [0.1, 0.15) is 5.82 Å². The lowest BCUT2D eigenvalue weighted by atomic mass is 9.69. The van der Waals surface area contributed by atoms with Gasteiger partial charge in [-0.15, -0.1) is 0 Å². The van der Waals surface area contributed by atoms with Gasteiger partial charge in [0.2, 0.25) is 0 Å². The van der Waals surface area contributed by atoms with Crippen molar-refractivity contribution in [3.05, 3.63) is 47.5 Å². The van der Waals surface area contributed by atoms with Gasteiger partial charge in [0.05, 0.1) is 5.54 Å². The monoisotopic (exact) mass is 387 g/mol. The molecule has 1 fully saturated rings. The molecule has 2 aliphatic rings. The second-order valence-electron chi connectivity index (χ2n) is 7.15. The number of hydrogen-bond donors (Lipinski definition) is 2. The number of nitrogens with two attached hydrogens (primary N) is 1. The largest absolute Gasteiger partial charge is 0.379 e. The standard InChI is InChI=1S/C19H22FN5OS/c1-25-9-7-16(24-25)17(26)22-13-5-6-15(20)14(10-13)19-8-3-2-4-12(19)11-27-18(21)23-19/h5-7,9-10,12H,2-4,8,11H2,1H3,(H2,21,23)(H,22,26)/t12-,19-/m0/s1. The van der Waals surface area contributed by atoms with Crippen molar-refractivity contribution in [1.82, 2.24) is 9.78 Å². The minimum atomic E-state index is -0.636. The Morgan fingerprint density at radius 1 is 1.41 bits per heavy atom. The van der Waals surface area contributed by atoms with Crippen molar-refractivity contribution in [2.75, 3.05) is 11.1 Å². The Morgan fingerprint density at radius 3 is 3.04 bits per heavy atom. The quantitative estimate of drug-likeness (QED) is 0.847. The normalized spacial score (nSPS) is 24.8. The van der Waals surface area contributed by atoms with Crippen molar-refractivity contribution < 1.29 is 9.18 Å². The van der Waals surface area contributed by atoms with Gasteiger partial charge in [0.15, 0.2) is 10.9 Å². The van der Waals surface area contributed by atoms with Crippen molar-refractivity contribution in [1.29, 1.82) is 0 Å². The summed E-state index contributed by atoms with van der Waals surface area (Å²) in [5, 5.41) is 7.43. The molecule has 2 atom stereocenters. The van der Waals surface area contributed by atoms with Gasteiger partial charge in [-0.3, -0.25) is 14.5 Å². The lowest BCUT2D eigenvalue weighted by Crippen LogP contribution is -2.43. The molecule has 8 heteroatoms. The summed E-state index contributed by atoms with van der Waals surface area (Å²) in [6, 6.07) is 6.32. The number of amides is 1. The van der Waals surface area contributed by atoms with Gasteiger partial charge in [-0.1, -0.05) is 24.6 Å². The molecule has 1 aliphatic heterocycles. The van der Waals surface area contributed by atoms with Crippen LogP contribution in [0.5, 0.6) is 0 Å². The summed E-state index contributed by atoms with van der Waals surface area (Å²) in [5.41, 5.74) is 6.76. The molecule has 1 amide bonds. The molecule has 2 aromatic rings. The van der Waals surface area contributed by atoms with Crippen LogP contribution in [0.1, 0.15) is 41.7 Å². The summed E-state index contributed by atoms with van der Waals surface area (Å²) in [5.74, 6) is 0.466. The number of hydrogen-bond acceptors (Lipinski definition) is 5. The predicted octanol–water partition coefficient (Wildman–Crippen LogP) is 3.26. The van der Waals surface area contributed by atoms with Crippen LogP contribution in [0.3, 0.4) is 0 Å². The highest BCUT2D eigenvalue weighted by Gasteiger charge is 2.46. The number of nitrogens with one attached hydrogen (secondary N) is 1. The van der Waals surface area contributed by atoms with Gasteiger partial charge in [-0.05, 0) is 43.0 Å². The van der Waals surface area contributed by atoms with E-state index in [1.165, 1.54) is 6.07 Å². The molecule has 2 heterocycles. The molecule has 1 saturated carbocycles. The fraction of sp³-hybridized carbons (Fsp3) is 0.421. The maximum atomic E-state index is 14.9. The lowest BCUT2D eigenvalue weighted by Gasteiger charge is -2.44. The van der Waals surface area contributed by atoms with E-state index in [1.807, 2.05) is 0 Å². The molecule has 0 radical (unpaired) electrons. The second-order valence-corrected chi connectivity index (χ2v) is 8.19. The first-order valence-corrected chi connectivity index (χ1v) is 10.1. The zero-order valence-electron chi connectivity index (χ0n) is 15.1. The van der Waals surface area contributed by atoms with Crippen LogP contribution >= 0.6 is 11.8 Å². The first-order valence-electron chi connectivity index (χ1n) is 9.07. The Balaban J connectivity index is 1.69. The summed E-state index contributed by atoms with van der Waals surface area (Å²) >= 11 is 1.54. The van der Waals surface area contributed by atoms with E-state index < -0.39 is 5.54 Å². The van der Waals surface area contributed by atoms with E-state index in [-0.39, 0.29) is 17.6 Å². The number of fused-ring (bicyclic) bond motifs is 1. The van der Waals surface area contributed by atoms with Crippen molar-refractivity contribution in [3.63, 3.8) is 0 Å². The third-order valence-corrected chi connectivity index (χ3v) is 6.37. The molecule has 6 nitrogen and oxygen atoms in total. The average Bonchev–Trinajstić information content (AvgIpc) is 3.09. The number of carbonyl (C=O) groups is 1. The number of thioether (sulfide) groups is 1. The molecule has 142 valence electrons. The van der Waals surface area contributed by atoms with Gasteiger partial charge in [0.25, 0.3) is 5.91 Å². The molecule has 27 heavy (non-hydrogen) atoms. The van der Waals surface area contributed by atoms with E-state index in [1.54, 1.807) is 47.9 Å². The molecular weight excluding hydrogens is 365 g/mol. The second kappa shape index (κ2) is 6.99. The van der Waals surface area contributed by atoms with E-state index in [4.69, 9.17) is 10.7 Å². The number of amidine groups is 1. The number of aromatic nitrogens is 2. The van der Waals surface area contributed by atoms with Crippen molar-refractivity contribution in [2.24, 2.45) is 23.7 Å². The van der Waals surface area contributed by atoms with Crippen LogP contribution in [0.4, 0.5) is 10.1 Å². The molecule has 0 saturated heterocycles. The van der Waals surface area contributed by atoms with E-state index in [9.17, 15) is 9.18 Å². The fourth-order valence-electron chi connectivity index (χ4n) is 4.09. The van der Waals surface area contributed by atoms with Crippen molar-refractivity contribution >= 4 is 28.5 Å². The van der Waals surface area contributed by atoms with Gasteiger partial charge in [-0.25, -0.2) is 4.39 Å². The number of nitrogens with zero attached hydrogens (tertiary/aromatic N) is 3. The van der Waals surface area contributed by atoms with Crippen LogP contribution in [-0.4, -0.2) is 26.6 Å². The summed E-state index contributed by atoms with van der Waals surface area (Å²) < 4.78 is 16.4. The van der Waals surface area contributed by atoms with E-state index >= 15 is 0 Å². The SMILES string of the molecule is Cn1ccc(C(=O)Nc2ccc(F)c([C@]34CCCC[C@H]3CSC(N)=N4)c2)n1. The highest BCUT2D eigenvalue weighted by Crippen LogP contribution is 2.50. The number of benzene rings is 1. The van der Waals surface area contributed by atoms with E-state index in [2.05, 4.69) is 10.4 Å². The summed E-state index contributed by atoms with van der Waals surface area (Å²) in [4.78, 5) is 17.1. The third kappa shape index (κ3) is 3.34. The van der Waals surface area contributed by atoms with Gasteiger partial charge in [-0.2, -0.15) is 5.10 Å². The molecule has 0 unspecified atom stereocenters. The topological polar surface area (TPSA) is 85.3 Å². The van der Waals surface area contributed by atoms with Gasteiger partial charge < -0.3 is 11.1 Å². The molecule has 1 aliphatic carbocycles. The maximum Gasteiger partial charge on any atom is 0.276 e. The van der Waals surface area contributed by atoms with Gasteiger partial charge in [0, 0.05) is 30.2 Å². The van der Waals surface area contributed by atoms with Crippen molar-refractivity contribution in [2.45, 2.75) is 31.2 Å². The highest BCUT2D eigenvalue weighted by molar-refractivity contribution is 8.13. The molecule has 0 bridgehead atoms.